The zero-order valence-electron chi connectivity index (χ0n) is 8.91. The summed E-state index contributed by atoms with van der Waals surface area (Å²) in [6.07, 6.45) is 5.36. The Balaban J connectivity index is 2.43. The van der Waals surface area contributed by atoms with Crippen LogP contribution in [0.5, 0.6) is 0 Å². The predicted octanol–water partition coefficient (Wildman–Crippen LogP) is 3.25. The number of Topliss-reactive ketones (excluding diaryl/α,β-unsaturated/α-hetero) is 1. The Kier molecular flexibility index (Phi) is 2.72. The molecule has 0 N–H and O–H groups in total. The van der Waals surface area contributed by atoms with Crippen molar-refractivity contribution >= 4 is 5.78 Å². The Morgan fingerprint density at radius 1 is 1.33 bits per heavy atom. The summed E-state index contributed by atoms with van der Waals surface area (Å²) in [5, 5.41) is 0. The molecule has 1 heteroatoms. The highest BCUT2D eigenvalue weighted by Gasteiger charge is 2.41. The molecule has 0 unspecified atom stereocenters. The van der Waals surface area contributed by atoms with Crippen LogP contribution in [0.4, 0.5) is 0 Å². The quantitative estimate of drug-likeness (QED) is 0.684. The van der Waals surface area contributed by atoms with Gasteiger partial charge in [-0.25, -0.2) is 0 Å². The van der Waals surface area contributed by atoms with Crippen molar-refractivity contribution in [3.05, 3.63) is 48.6 Å². The summed E-state index contributed by atoms with van der Waals surface area (Å²) < 4.78 is 0. The molecule has 1 atom stereocenters. The Hall–Kier alpha value is -1.37. The molecule has 0 aliphatic heterocycles. The number of ketones is 1. The molecule has 0 amide bonds. The van der Waals surface area contributed by atoms with E-state index in [4.69, 9.17) is 0 Å². The van der Waals surface area contributed by atoms with Crippen molar-refractivity contribution in [2.45, 2.75) is 31.1 Å². The van der Waals surface area contributed by atoms with E-state index < -0.39 is 0 Å². The molecular formula is C14H16O. The van der Waals surface area contributed by atoms with Crippen molar-refractivity contribution in [3.8, 4) is 0 Å². The molecule has 1 nitrogen and oxygen atoms in total. The first kappa shape index (κ1) is 10.2. The highest BCUT2D eigenvalue weighted by atomic mass is 16.1. The first-order chi connectivity index (χ1) is 7.29. The molecule has 78 valence electrons. The summed E-state index contributed by atoms with van der Waals surface area (Å²) in [5.74, 6) is 0.383. The Bertz CT molecular complexity index is 366. The van der Waals surface area contributed by atoms with Gasteiger partial charge < -0.3 is 0 Å². The van der Waals surface area contributed by atoms with E-state index in [1.54, 1.807) is 0 Å². The number of carbonyl (C=O) groups is 1. The van der Waals surface area contributed by atoms with Crippen LogP contribution in [0.1, 0.15) is 31.2 Å². The topological polar surface area (TPSA) is 17.1 Å². The molecule has 0 heterocycles. The van der Waals surface area contributed by atoms with Crippen molar-refractivity contribution in [2.24, 2.45) is 0 Å². The SMILES string of the molecule is C=CC[C@@]1(c2ccccc2)CCCC1=O. The van der Waals surface area contributed by atoms with Crippen molar-refractivity contribution in [1.82, 2.24) is 0 Å². The maximum atomic E-state index is 12.0. The van der Waals surface area contributed by atoms with Gasteiger partial charge >= 0.3 is 0 Å². The minimum absolute atomic E-state index is 0.261. The van der Waals surface area contributed by atoms with Crippen LogP contribution in [0, 0.1) is 0 Å². The number of allylic oxidation sites excluding steroid dienone is 1. The highest BCUT2D eigenvalue weighted by Crippen LogP contribution is 2.41. The number of hydrogen-bond donors (Lipinski definition) is 0. The Morgan fingerprint density at radius 3 is 2.60 bits per heavy atom. The molecular weight excluding hydrogens is 184 g/mol. The highest BCUT2D eigenvalue weighted by molar-refractivity contribution is 5.92. The van der Waals surface area contributed by atoms with Gasteiger partial charge in [-0.15, -0.1) is 6.58 Å². The van der Waals surface area contributed by atoms with E-state index in [1.807, 2.05) is 24.3 Å². The monoisotopic (exact) mass is 200 g/mol. The Labute approximate surface area is 90.8 Å². The molecule has 0 aromatic heterocycles. The molecule has 1 aromatic carbocycles. The first-order valence-electron chi connectivity index (χ1n) is 5.49. The second-order valence-electron chi connectivity index (χ2n) is 4.22. The number of benzene rings is 1. The maximum Gasteiger partial charge on any atom is 0.143 e. The second-order valence-corrected chi connectivity index (χ2v) is 4.22. The van der Waals surface area contributed by atoms with Gasteiger partial charge in [-0.2, -0.15) is 0 Å². The van der Waals surface area contributed by atoms with Crippen molar-refractivity contribution in [3.63, 3.8) is 0 Å². The summed E-state index contributed by atoms with van der Waals surface area (Å²) in [7, 11) is 0. The fourth-order valence-corrected chi connectivity index (χ4v) is 2.57. The van der Waals surface area contributed by atoms with E-state index in [9.17, 15) is 4.79 Å². The Morgan fingerprint density at radius 2 is 2.07 bits per heavy atom. The predicted molar refractivity (Wildman–Crippen MR) is 61.8 cm³/mol. The molecule has 1 aromatic rings. The van der Waals surface area contributed by atoms with Crippen LogP contribution in [0.15, 0.2) is 43.0 Å². The van der Waals surface area contributed by atoms with Gasteiger partial charge in [0.25, 0.3) is 0 Å². The molecule has 1 aliphatic carbocycles. The summed E-state index contributed by atoms with van der Waals surface area (Å²) in [6, 6.07) is 10.1. The summed E-state index contributed by atoms with van der Waals surface area (Å²) in [6.45, 7) is 3.78. The van der Waals surface area contributed by atoms with Gasteiger partial charge in [0, 0.05) is 6.42 Å². The van der Waals surface area contributed by atoms with Crippen LogP contribution in [-0.4, -0.2) is 5.78 Å². The van der Waals surface area contributed by atoms with Crippen LogP contribution in [0.2, 0.25) is 0 Å². The van der Waals surface area contributed by atoms with Gasteiger partial charge in [-0.3, -0.25) is 4.79 Å². The molecule has 2 rings (SSSR count). The average molecular weight is 200 g/mol. The third kappa shape index (κ3) is 1.63. The maximum absolute atomic E-state index is 12.0. The van der Waals surface area contributed by atoms with E-state index >= 15 is 0 Å². The third-order valence-corrected chi connectivity index (χ3v) is 3.36. The van der Waals surface area contributed by atoms with Gasteiger partial charge in [-0.1, -0.05) is 36.4 Å². The number of rotatable bonds is 3. The number of hydrogen-bond acceptors (Lipinski definition) is 1. The summed E-state index contributed by atoms with van der Waals surface area (Å²) in [4.78, 5) is 12.0. The molecule has 0 radical (unpaired) electrons. The van der Waals surface area contributed by atoms with E-state index in [0.29, 0.717) is 5.78 Å². The van der Waals surface area contributed by atoms with Gasteiger partial charge in [0.2, 0.25) is 0 Å². The standard InChI is InChI=1S/C14H16O/c1-2-10-14(11-6-9-13(14)15)12-7-4-3-5-8-12/h2-5,7-8H,1,6,9-11H2/t14-/m0/s1. The van der Waals surface area contributed by atoms with Crippen LogP contribution >= 0.6 is 0 Å². The van der Waals surface area contributed by atoms with Crippen molar-refractivity contribution < 1.29 is 4.79 Å². The lowest BCUT2D eigenvalue weighted by molar-refractivity contribution is -0.122. The van der Waals surface area contributed by atoms with Crippen molar-refractivity contribution in [1.29, 1.82) is 0 Å². The van der Waals surface area contributed by atoms with E-state index in [1.165, 1.54) is 0 Å². The van der Waals surface area contributed by atoms with Crippen LogP contribution < -0.4 is 0 Å². The van der Waals surface area contributed by atoms with Crippen LogP contribution in [0.25, 0.3) is 0 Å². The third-order valence-electron chi connectivity index (χ3n) is 3.36. The second kappa shape index (κ2) is 4.01. The molecule has 1 aliphatic rings. The van der Waals surface area contributed by atoms with Gasteiger partial charge in [0.1, 0.15) is 5.78 Å². The van der Waals surface area contributed by atoms with Gasteiger partial charge in [0.15, 0.2) is 0 Å². The lowest BCUT2D eigenvalue weighted by Crippen LogP contribution is -2.30. The molecule has 1 fully saturated rings. The van der Waals surface area contributed by atoms with E-state index in [0.717, 1.165) is 31.2 Å². The molecule has 15 heavy (non-hydrogen) atoms. The molecule has 1 saturated carbocycles. The lowest BCUT2D eigenvalue weighted by atomic mass is 9.75. The van der Waals surface area contributed by atoms with Crippen LogP contribution in [-0.2, 0) is 10.2 Å². The fraction of sp³-hybridized carbons (Fsp3) is 0.357. The van der Waals surface area contributed by atoms with Crippen molar-refractivity contribution in [2.75, 3.05) is 0 Å². The largest absolute Gasteiger partial charge is 0.299 e. The summed E-state index contributed by atoms with van der Waals surface area (Å²) >= 11 is 0. The van der Waals surface area contributed by atoms with Gasteiger partial charge in [0.05, 0.1) is 5.41 Å². The smallest absolute Gasteiger partial charge is 0.143 e. The van der Waals surface area contributed by atoms with E-state index in [2.05, 4.69) is 18.7 Å². The minimum atomic E-state index is -0.261. The summed E-state index contributed by atoms with van der Waals surface area (Å²) in [5.41, 5.74) is 0.899. The normalized spacial score (nSPS) is 25.5. The molecule has 0 bridgehead atoms. The lowest BCUT2D eigenvalue weighted by Gasteiger charge is -2.26. The average Bonchev–Trinajstić information content (AvgIpc) is 2.63. The fourth-order valence-electron chi connectivity index (χ4n) is 2.57. The van der Waals surface area contributed by atoms with E-state index in [-0.39, 0.29) is 5.41 Å². The zero-order chi connectivity index (χ0) is 10.7. The first-order valence-corrected chi connectivity index (χ1v) is 5.49. The zero-order valence-corrected chi connectivity index (χ0v) is 8.91. The van der Waals surface area contributed by atoms with Gasteiger partial charge in [-0.05, 0) is 24.8 Å². The number of carbonyl (C=O) groups excluding carboxylic acids is 1. The van der Waals surface area contributed by atoms with Crippen LogP contribution in [0.3, 0.4) is 0 Å². The molecule has 0 saturated heterocycles. The molecule has 0 spiro atoms. The minimum Gasteiger partial charge on any atom is -0.299 e.